The number of primary amides is 1. The molecule has 0 bridgehead atoms. The zero-order chi connectivity index (χ0) is 22.3. The van der Waals surface area contributed by atoms with Crippen LogP contribution in [0.1, 0.15) is 35.6 Å². The molecule has 7 nitrogen and oxygen atoms in total. The van der Waals surface area contributed by atoms with Gasteiger partial charge in [0.2, 0.25) is 5.91 Å². The monoisotopic (exact) mass is 428 g/mol. The Labute approximate surface area is 188 Å². The molecule has 2 heterocycles. The van der Waals surface area contributed by atoms with E-state index in [0.29, 0.717) is 18.5 Å². The van der Waals surface area contributed by atoms with Gasteiger partial charge in [-0.2, -0.15) is 5.26 Å². The van der Waals surface area contributed by atoms with Gasteiger partial charge >= 0.3 is 0 Å². The third-order valence-electron chi connectivity index (χ3n) is 6.05. The Morgan fingerprint density at radius 3 is 2.44 bits per heavy atom. The van der Waals surface area contributed by atoms with Crippen LogP contribution in [0.15, 0.2) is 67.1 Å². The molecule has 1 aromatic heterocycles. The van der Waals surface area contributed by atoms with Crippen molar-refractivity contribution < 1.29 is 4.79 Å². The predicted molar refractivity (Wildman–Crippen MR) is 124 cm³/mol. The lowest BCUT2D eigenvalue weighted by atomic mass is 9.99. The van der Waals surface area contributed by atoms with Crippen LogP contribution in [0.3, 0.4) is 0 Å². The van der Waals surface area contributed by atoms with Crippen molar-refractivity contribution in [1.82, 2.24) is 14.5 Å². The second-order valence-electron chi connectivity index (χ2n) is 8.14. The third kappa shape index (κ3) is 5.16. The molecule has 1 aliphatic rings. The number of carbonyl (C=O) groups is 1. The molecule has 1 saturated heterocycles. The number of aromatic nitrogens is 2. The van der Waals surface area contributed by atoms with Gasteiger partial charge < -0.3 is 15.2 Å². The predicted octanol–water partition coefficient (Wildman–Crippen LogP) is 2.93. The highest BCUT2D eigenvalue weighted by molar-refractivity contribution is 5.73. The zero-order valence-corrected chi connectivity index (χ0v) is 18.1. The van der Waals surface area contributed by atoms with Gasteiger partial charge in [0.05, 0.1) is 30.7 Å². The van der Waals surface area contributed by atoms with Crippen molar-refractivity contribution in [1.29, 1.82) is 5.26 Å². The third-order valence-corrected chi connectivity index (χ3v) is 6.05. The number of imidazole rings is 1. The molecule has 3 aromatic rings. The normalized spacial score (nSPS) is 15.3. The first-order valence-electron chi connectivity index (χ1n) is 11.0. The first kappa shape index (κ1) is 21.6. The van der Waals surface area contributed by atoms with Crippen LogP contribution in [0.2, 0.25) is 0 Å². The molecular weight excluding hydrogens is 400 g/mol. The molecule has 7 heteroatoms. The fourth-order valence-corrected chi connectivity index (χ4v) is 4.36. The van der Waals surface area contributed by atoms with E-state index >= 15 is 0 Å². The second-order valence-corrected chi connectivity index (χ2v) is 8.14. The minimum atomic E-state index is -0.253. The van der Waals surface area contributed by atoms with Crippen molar-refractivity contribution in [2.24, 2.45) is 5.73 Å². The van der Waals surface area contributed by atoms with Gasteiger partial charge in [0.1, 0.15) is 5.82 Å². The Bertz CT molecular complexity index is 1060. The van der Waals surface area contributed by atoms with E-state index in [2.05, 4.69) is 37.6 Å². The van der Waals surface area contributed by atoms with Crippen LogP contribution >= 0.6 is 0 Å². The number of amides is 1. The maximum atomic E-state index is 11.4. The molecule has 0 saturated carbocycles. The topological polar surface area (TPSA) is 91.2 Å². The lowest BCUT2D eigenvalue weighted by Gasteiger charge is -2.40. The van der Waals surface area contributed by atoms with Crippen LogP contribution in [0.4, 0.5) is 5.82 Å². The Hall–Kier alpha value is -3.63. The maximum absolute atomic E-state index is 11.4. The van der Waals surface area contributed by atoms with Crippen LogP contribution in [0.25, 0.3) is 0 Å². The smallest absolute Gasteiger partial charge is 0.217 e. The average molecular weight is 429 g/mol. The summed E-state index contributed by atoms with van der Waals surface area (Å²) in [4.78, 5) is 20.6. The first-order chi connectivity index (χ1) is 15.6. The molecule has 2 N–H and O–H groups in total. The molecule has 0 aliphatic carbocycles. The fraction of sp³-hybridized carbons (Fsp3) is 0.320. The first-order valence-corrected chi connectivity index (χ1v) is 11.0. The summed E-state index contributed by atoms with van der Waals surface area (Å²) in [5.74, 6) is 0.846. The average Bonchev–Trinajstić information content (AvgIpc) is 3.29. The molecular formula is C25H28N6O. The highest BCUT2D eigenvalue weighted by Crippen LogP contribution is 2.28. The van der Waals surface area contributed by atoms with E-state index in [1.54, 1.807) is 0 Å². The van der Waals surface area contributed by atoms with Crippen molar-refractivity contribution in [3.63, 3.8) is 0 Å². The number of hydrogen-bond donors (Lipinski definition) is 1. The quantitative estimate of drug-likeness (QED) is 0.596. The summed E-state index contributed by atoms with van der Waals surface area (Å²) in [6.07, 6.45) is 4.90. The molecule has 1 atom stereocenters. The summed E-state index contributed by atoms with van der Waals surface area (Å²) in [5, 5.41) is 8.99. The number of benzene rings is 2. The van der Waals surface area contributed by atoms with Gasteiger partial charge in [-0.1, -0.05) is 42.5 Å². The Morgan fingerprint density at radius 2 is 1.78 bits per heavy atom. The summed E-state index contributed by atoms with van der Waals surface area (Å²) in [6, 6.07) is 20.4. The zero-order valence-electron chi connectivity index (χ0n) is 18.1. The van der Waals surface area contributed by atoms with Crippen molar-refractivity contribution in [3.8, 4) is 6.07 Å². The molecule has 1 aliphatic heterocycles. The number of piperazine rings is 1. The molecule has 0 spiro atoms. The number of carbonyl (C=O) groups excluding carboxylic acids is 1. The molecule has 1 amide bonds. The standard InChI is InChI=1S/C25H28N6O/c26-16-20-6-8-21(9-7-20)18-31-19-28-17-25(31)30-14-12-29(13-15-30)23(10-11-24(27)32)22-4-2-1-3-5-22/h1-9,17,19,23H,10-15,18H2,(H2,27,32). The van der Waals surface area contributed by atoms with E-state index in [1.165, 1.54) is 5.56 Å². The molecule has 0 radical (unpaired) electrons. The lowest BCUT2D eigenvalue weighted by molar-refractivity contribution is -0.118. The van der Waals surface area contributed by atoms with Crippen LogP contribution in [-0.2, 0) is 11.3 Å². The van der Waals surface area contributed by atoms with E-state index in [0.717, 1.165) is 44.0 Å². The number of rotatable bonds is 8. The Morgan fingerprint density at radius 1 is 1.06 bits per heavy atom. The van der Waals surface area contributed by atoms with Crippen molar-refractivity contribution in [2.45, 2.75) is 25.4 Å². The van der Waals surface area contributed by atoms with Crippen molar-refractivity contribution in [2.75, 3.05) is 31.1 Å². The maximum Gasteiger partial charge on any atom is 0.217 e. The summed E-state index contributed by atoms with van der Waals surface area (Å²) in [7, 11) is 0. The van der Waals surface area contributed by atoms with Crippen LogP contribution in [-0.4, -0.2) is 46.5 Å². The molecule has 164 valence electrons. The van der Waals surface area contributed by atoms with Gasteiger partial charge in [-0.25, -0.2) is 4.98 Å². The summed E-state index contributed by atoms with van der Waals surface area (Å²) in [6.45, 7) is 4.30. The molecule has 1 fully saturated rings. The van der Waals surface area contributed by atoms with Crippen molar-refractivity contribution in [3.05, 3.63) is 83.8 Å². The van der Waals surface area contributed by atoms with Gasteiger partial charge in [-0.05, 0) is 29.7 Å². The Balaban J connectivity index is 1.42. The summed E-state index contributed by atoms with van der Waals surface area (Å²) >= 11 is 0. The van der Waals surface area contributed by atoms with Gasteiger partial charge in [0.25, 0.3) is 0 Å². The number of anilines is 1. The van der Waals surface area contributed by atoms with E-state index in [9.17, 15) is 4.79 Å². The van der Waals surface area contributed by atoms with E-state index in [-0.39, 0.29) is 11.9 Å². The SMILES string of the molecule is N#Cc1ccc(Cn2cncc2N2CCN(C(CCC(N)=O)c3ccccc3)CC2)cc1. The van der Waals surface area contributed by atoms with Gasteiger partial charge in [-0.15, -0.1) is 0 Å². The lowest BCUT2D eigenvalue weighted by Crippen LogP contribution is -2.48. The summed E-state index contributed by atoms with van der Waals surface area (Å²) < 4.78 is 2.15. The number of nitrogens with zero attached hydrogens (tertiary/aromatic N) is 5. The van der Waals surface area contributed by atoms with Gasteiger partial charge in [0, 0.05) is 38.6 Å². The van der Waals surface area contributed by atoms with E-state index in [1.807, 2.05) is 55.0 Å². The number of hydrogen-bond acceptors (Lipinski definition) is 5. The van der Waals surface area contributed by atoms with E-state index in [4.69, 9.17) is 11.0 Å². The molecule has 32 heavy (non-hydrogen) atoms. The van der Waals surface area contributed by atoms with Gasteiger partial charge in [-0.3, -0.25) is 9.69 Å². The summed E-state index contributed by atoms with van der Waals surface area (Å²) in [5.41, 5.74) is 8.47. The van der Waals surface area contributed by atoms with Crippen LogP contribution in [0.5, 0.6) is 0 Å². The van der Waals surface area contributed by atoms with Gasteiger partial charge in [0.15, 0.2) is 0 Å². The minimum Gasteiger partial charge on any atom is -0.370 e. The van der Waals surface area contributed by atoms with Crippen LogP contribution in [0, 0.1) is 11.3 Å². The van der Waals surface area contributed by atoms with E-state index < -0.39 is 0 Å². The Kier molecular flexibility index (Phi) is 6.83. The highest BCUT2D eigenvalue weighted by Gasteiger charge is 2.26. The highest BCUT2D eigenvalue weighted by atomic mass is 16.1. The molecule has 2 aromatic carbocycles. The minimum absolute atomic E-state index is 0.189. The molecule has 4 rings (SSSR count). The largest absolute Gasteiger partial charge is 0.370 e. The fourth-order valence-electron chi connectivity index (χ4n) is 4.36. The van der Waals surface area contributed by atoms with Crippen LogP contribution < -0.4 is 10.6 Å². The number of nitriles is 1. The molecule has 1 unspecified atom stereocenters. The number of nitrogens with two attached hydrogens (primary N) is 1. The second kappa shape index (κ2) is 10.1. The van der Waals surface area contributed by atoms with Crippen molar-refractivity contribution >= 4 is 11.7 Å².